The van der Waals surface area contributed by atoms with Crippen LogP contribution >= 0.6 is 0 Å². The highest BCUT2D eigenvalue weighted by atomic mass is 16.6. The zero-order valence-corrected chi connectivity index (χ0v) is 18.0. The summed E-state index contributed by atoms with van der Waals surface area (Å²) in [4.78, 5) is 11.9. The first-order valence-electron chi connectivity index (χ1n) is 11.0. The standard InChI is InChI=1S/C21H42O8/c1-2-3-4-5-6-7-8-9-10-11-21(26)29-17-20(28-15-19(25)13-23)16-27-14-18(24)12-22/h18-20,22-25H,2-17H2,1H3/t18-,19-,20-/m0/s1. The van der Waals surface area contributed by atoms with Gasteiger partial charge in [0.05, 0.1) is 33.0 Å². The Kier molecular flexibility index (Phi) is 20.0. The molecule has 0 aliphatic carbocycles. The molecule has 0 saturated heterocycles. The van der Waals surface area contributed by atoms with Crippen LogP contribution in [-0.4, -0.2) is 84.3 Å². The predicted molar refractivity (Wildman–Crippen MR) is 110 cm³/mol. The maximum absolute atomic E-state index is 11.9. The molecule has 8 nitrogen and oxygen atoms in total. The number of hydrogen-bond acceptors (Lipinski definition) is 8. The first-order chi connectivity index (χ1) is 14.0. The lowest BCUT2D eigenvalue weighted by atomic mass is 10.1. The van der Waals surface area contributed by atoms with E-state index in [1.165, 1.54) is 38.5 Å². The molecule has 0 spiro atoms. The van der Waals surface area contributed by atoms with Crippen molar-refractivity contribution in [1.82, 2.24) is 0 Å². The van der Waals surface area contributed by atoms with Crippen molar-refractivity contribution in [3.05, 3.63) is 0 Å². The molecule has 0 radical (unpaired) electrons. The number of carbonyl (C=O) groups is 1. The van der Waals surface area contributed by atoms with Crippen LogP contribution in [-0.2, 0) is 19.0 Å². The van der Waals surface area contributed by atoms with Crippen LogP contribution in [0.4, 0.5) is 0 Å². The summed E-state index contributed by atoms with van der Waals surface area (Å²) in [5.41, 5.74) is 0. The van der Waals surface area contributed by atoms with E-state index in [1.54, 1.807) is 0 Å². The van der Waals surface area contributed by atoms with Crippen molar-refractivity contribution in [3.8, 4) is 0 Å². The Labute approximate surface area is 175 Å². The van der Waals surface area contributed by atoms with Gasteiger partial charge in [-0.1, -0.05) is 58.3 Å². The first kappa shape index (κ1) is 28.2. The second-order valence-corrected chi connectivity index (χ2v) is 7.43. The summed E-state index contributed by atoms with van der Waals surface area (Å²) in [5, 5.41) is 36.3. The largest absolute Gasteiger partial charge is 0.463 e. The number of rotatable bonds is 21. The van der Waals surface area contributed by atoms with Gasteiger partial charge >= 0.3 is 5.97 Å². The lowest BCUT2D eigenvalue weighted by molar-refractivity contribution is -0.152. The smallest absolute Gasteiger partial charge is 0.305 e. The Hall–Kier alpha value is -0.770. The van der Waals surface area contributed by atoms with E-state index in [0.717, 1.165) is 19.3 Å². The number of carbonyl (C=O) groups excluding carboxylic acids is 1. The molecule has 4 N–H and O–H groups in total. The van der Waals surface area contributed by atoms with E-state index in [9.17, 15) is 15.0 Å². The van der Waals surface area contributed by atoms with Crippen molar-refractivity contribution in [2.24, 2.45) is 0 Å². The van der Waals surface area contributed by atoms with Gasteiger partial charge in [-0.3, -0.25) is 4.79 Å². The zero-order chi connectivity index (χ0) is 21.7. The Balaban J connectivity index is 3.91. The van der Waals surface area contributed by atoms with E-state index in [-0.39, 0.29) is 32.4 Å². The molecule has 0 aromatic carbocycles. The van der Waals surface area contributed by atoms with Crippen LogP contribution in [0, 0.1) is 0 Å². The predicted octanol–water partition coefficient (Wildman–Crippen LogP) is 1.56. The minimum Gasteiger partial charge on any atom is -0.463 e. The summed E-state index contributed by atoms with van der Waals surface area (Å²) >= 11 is 0. The molecule has 29 heavy (non-hydrogen) atoms. The van der Waals surface area contributed by atoms with Gasteiger partial charge in [0.25, 0.3) is 0 Å². The molecule has 174 valence electrons. The van der Waals surface area contributed by atoms with E-state index in [4.69, 9.17) is 24.4 Å². The highest BCUT2D eigenvalue weighted by molar-refractivity contribution is 5.69. The van der Waals surface area contributed by atoms with Gasteiger partial charge in [-0.2, -0.15) is 0 Å². The quantitative estimate of drug-likeness (QED) is 0.162. The molecule has 0 amide bonds. The molecule has 8 heteroatoms. The molecule has 0 fully saturated rings. The van der Waals surface area contributed by atoms with E-state index in [1.807, 2.05) is 0 Å². The average Bonchev–Trinajstić information content (AvgIpc) is 2.73. The summed E-state index contributed by atoms with van der Waals surface area (Å²) in [7, 11) is 0. The lowest BCUT2D eigenvalue weighted by Gasteiger charge is -2.20. The molecule has 3 atom stereocenters. The molecule has 0 aliphatic rings. The molecule has 0 aromatic rings. The molecule has 0 bridgehead atoms. The Morgan fingerprint density at radius 2 is 1.31 bits per heavy atom. The molecule has 0 aliphatic heterocycles. The van der Waals surface area contributed by atoms with E-state index in [2.05, 4.69) is 6.92 Å². The van der Waals surface area contributed by atoms with Gasteiger partial charge in [0.1, 0.15) is 24.9 Å². The van der Waals surface area contributed by atoms with Gasteiger partial charge in [0.15, 0.2) is 0 Å². The normalized spacial score (nSPS) is 14.5. The zero-order valence-electron chi connectivity index (χ0n) is 18.0. The first-order valence-corrected chi connectivity index (χ1v) is 11.0. The van der Waals surface area contributed by atoms with Crippen LogP contribution in [0.2, 0.25) is 0 Å². The molecular weight excluding hydrogens is 380 g/mol. The van der Waals surface area contributed by atoms with Gasteiger partial charge in [-0.15, -0.1) is 0 Å². The van der Waals surface area contributed by atoms with Crippen molar-refractivity contribution in [3.63, 3.8) is 0 Å². The monoisotopic (exact) mass is 422 g/mol. The second kappa shape index (κ2) is 20.5. The fourth-order valence-corrected chi connectivity index (χ4v) is 2.67. The van der Waals surface area contributed by atoms with Crippen LogP contribution < -0.4 is 0 Å². The van der Waals surface area contributed by atoms with Crippen LogP contribution in [0.1, 0.15) is 71.1 Å². The third kappa shape index (κ3) is 19.0. The Morgan fingerprint density at radius 3 is 1.90 bits per heavy atom. The number of esters is 1. The molecule has 0 rings (SSSR count). The maximum Gasteiger partial charge on any atom is 0.305 e. The maximum atomic E-state index is 11.9. The SMILES string of the molecule is CCCCCCCCCCCC(=O)OC[C@H](COC[C@@H](O)CO)OC[C@@H](O)CO. The number of ether oxygens (including phenoxy) is 3. The number of aliphatic hydroxyl groups is 4. The van der Waals surface area contributed by atoms with Crippen molar-refractivity contribution in [2.45, 2.75) is 89.4 Å². The van der Waals surface area contributed by atoms with Gasteiger partial charge in [0, 0.05) is 6.42 Å². The highest BCUT2D eigenvalue weighted by Gasteiger charge is 2.16. The van der Waals surface area contributed by atoms with Crippen LogP contribution in [0.5, 0.6) is 0 Å². The summed E-state index contributed by atoms with van der Waals surface area (Å²) in [6.07, 6.45) is 8.26. The van der Waals surface area contributed by atoms with Crippen molar-refractivity contribution < 1.29 is 39.4 Å². The van der Waals surface area contributed by atoms with Crippen LogP contribution in [0.3, 0.4) is 0 Å². The Bertz CT molecular complexity index is 367. The molecule has 0 unspecified atom stereocenters. The van der Waals surface area contributed by atoms with Crippen molar-refractivity contribution in [2.75, 3.05) is 39.6 Å². The van der Waals surface area contributed by atoms with Crippen molar-refractivity contribution in [1.29, 1.82) is 0 Å². The third-order valence-electron chi connectivity index (χ3n) is 4.47. The van der Waals surface area contributed by atoms with E-state index >= 15 is 0 Å². The van der Waals surface area contributed by atoms with Gasteiger partial charge in [-0.05, 0) is 6.42 Å². The van der Waals surface area contributed by atoms with Crippen molar-refractivity contribution >= 4 is 5.97 Å². The van der Waals surface area contributed by atoms with Crippen LogP contribution in [0.15, 0.2) is 0 Å². The summed E-state index contributed by atoms with van der Waals surface area (Å²) in [6.45, 7) is 1.15. The lowest BCUT2D eigenvalue weighted by Crippen LogP contribution is -2.33. The van der Waals surface area contributed by atoms with Gasteiger partial charge < -0.3 is 34.6 Å². The van der Waals surface area contributed by atoms with Crippen LogP contribution in [0.25, 0.3) is 0 Å². The van der Waals surface area contributed by atoms with E-state index in [0.29, 0.717) is 6.42 Å². The number of hydrogen-bond donors (Lipinski definition) is 4. The third-order valence-corrected chi connectivity index (χ3v) is 4.47. The molecular formula is C21H42O8. The molecule has 0 saturated carbocycles. The second-order valence-electron chi connectivity index (χ2n) is 7.43. The summed E-state index contributed by atoms with van der Waals surface area (Å²) < 4.78 is 15.9. The molecule has 0 heterocycles. The molecule has 0 aromatic heterocycles. The minimum absolute atomic E-state index is 0.0283. The van der Waals surface area contributed by atoms with E-state index < -0.39 is 31.5 Å². The van der Waals surface area contributed by atoms with Gasteiger partial charge in [-0.25, -0.2) is 0 Å². The number of unbranched alkanes of at least 4 members (excludes halogenated alkanes) is 8. The number of aliphatic hydroxyl groups excluding tert-OH is 4. The summed E-state index contributed by atoms with van der Waals surface area (Å²) in [5.74, 6) is -0.306. The van der Waals surface area contributed by atoms with Gasteiger partial charge in [0.2, 0.25) is 0 Å². The topological polar surface area (TPSA) is 126 Å². The average molecular weight is 423 g/mol. The fraction of sp³-hybridized carbons (Fsp3) is 0.952. The minimum atomic E-state index is -1.03. The fourth-order valence-electron chi connectivity index (χ4n) is 2.67. The summed E-state index contributed by atoms with van der Waals surface area (Å²) in [6, 6.07) is 0. The highest BCUT2D eigenvalue weighted by Crippen LogP contribution is 2.11. The Morgan fingerprint density at radius 1 is 0.759 bits per heavy atom.